The fourth-order valence-electron chi connectivity index (χ4n) is 4.49. The molecule has 3 N–H and O–H groups in total. The normalized spacial score (nSPS) is 22.4. The van der Waals surface area contributed by atoms with Crippen LogP contribution in [0.3, 0.4) is 0 Å². The van der Waals surface area contributed by atoms with Crippen molar-refractivity contribution in [2.75, 3.05) is 6.61 Å². The minimum atomic E-state index is -0.336. The van der Waals surface area contributed by atoms with E-state index in [2.05, 4.69) is 20.9 Å². The first-order chi connectivity index (χ1) is 15.4. The molecule has 0 saturated carbocycles. The molecule has 1 aromatic carbocycles. The molecule has 3 atom stereocenters. The number of carbonyl (C=O) groups excluding carboxylic acids is 2. The summed E-state index contributed by atoms with van der Waals surface area (Å²) in [5, 5.41) is 8.79. The van der Waals surface area contributed by atoms with Gasteiger partial charge in [-0.15, -0.1) is 0 Å². The lowest BCUT2D eigenvalue weighted by atomic mass is 9.85. The Bertz CT molecular complexity index is 1070. The average molecular weight is 440 g/mol. The minimum Gasteiger partial charge on any atom is -0.358 e. The van der Waals surface area contributed by atoms with E-state index in [1.807, 2.05) is 37.3 Å². The molecule has 4 rings (SSSR count). The first-order valence-corrected chi connectivity index (χ1v) is 11.0. The minimum absolute atomic E-state index is 0.131. The van der Waals surface area contributed by atoms with Gasteiger partial charge >= 0.3 is 11.7 Å². The fourth-order valence-corrected chi connectivity index (χ4v) is 4.49. The van der Waals surface area contributed by atoms with E-state index in [1.165, 1.54) is 4.57 Å². The third kappa shape index (κ3) is 4.99. The van der Waals surface area contributed by atoms with Crippen molar-refractivity contribution in [3.63, 3.8) is 0 Å². The monoisotopic (exact) mass is 439 g/mol. The van der Waals surface area contributed by atoms with Gasteiger partial charge in [-0.05, 0) is 43.9 Å². The van der Waals surface area contributed by atoms with Gasteiger partial charge in [0.05, 0.1) is 6.04 Å². The highest BCUT2D eigenvalue weighted by molar-refractivity contribution is 5.76. The summed E-state index contributed by atoms with van der Waals surface area (Å²) in [5.41, 5.74) is 3.07. The molecule has 0 bridgehead atoms. The Morgan fingerprint density at radius 1 is 1.25 bits per heavy atom. The van der Waals surface area contributed by atoms with Crippen molar-refractivity contribution in [1.82, 2.24) is 25.5 Å². The highest BCUT2D eigenvalue weighted by atomic mass is 16.5. The molecule has 2 saturated heterocycles. The number of hydrogen-bond acceptors (Lipinski definition) is 5. The molecule has 2 fully saturated rings. The summed E-state index contributed by atoms with van der Waals surface area (Å²) in [6, 6.07) is 9.35. The number of aryl methyl sites for hydroxylation is 2. The smallest absolute Gasteiger partial charge is 0.347 e. The number of fused-ring (bicyclic) bond motifs is 1. The first kappa shape index (κ1) is 22.0. The molecular formula is C23H29N5O4. The number of rotatable bonds is 6. The van der Waals surface area contributed by atoms with Crippen molar-refractivity contribution < 1.29 is 14.3 Å². The van der Waals surface area contributed by atoms with Gasteiger partial charge in [-0.3, -0.25) is 9.36 Å². The van der Waals surface area contributed by atoms with Crippen molar-refractivity contribution in [1.29, 1.82) is 0 Å². The predicted molar refractivity (Wildman–Crippen MR) is 118 cm³/mol. The van der Waals surface area contributed by atoms with Crippen LogP contribution >= 0.6 is 0 Å². The summed E-state index contributed by atoms with van der Waals surface area (Å²) in [6.45, 7) is 4.92. The Labute approximate surface area is 186 Å². The van der Waals surface area contributed by atoms with Crippen molar-refractivity contribution in [2.45, 2.75) is 58.5 Å². The lowest BCUT2D eigenvalue weighted by Crippen LogP contribution is -2.58. The van der Waals surface area contributed by atoms with Crippen molar-refractivity contribution >= 4 is 11.9 Å². The standard InChI is InChI=1S/C23H29N5O4/c1-14-11-15(2)28(23(31)25-14)9-8-19(29)24-13-16-5-3-6-17(12-16)20-18-7-4-10-32-21(18)27-22(30)26-20/h3,5-6,11-12,18,20-21H,4,7-10,13H2,1-2H3,(H,24,29)(H2,26,27,30)/t18-,20-,21-/m0/s1. The van der Waals surface area contributed by atoms with E-state index in [4.69, 9.17) is 4.74 Å². The zero-order valence-electron chi connectivity index (χ0n) is 18.4. The van der Waals surface area contributed by atoms with Crippen LogP contribution in [-0.4, -0.2) is 34.3 Å². The van der Waals surface area contributed by atoms with Gasteiger partial charge in [0, 0.05) is 43.4 Å². The van der Waals surface area contributed by atoms with Gasteiger partial charge in [0.2, 0.25) is 5.91 Å². The lowest BCUT2D eigenvalue weighted by Gasteiger charge is -2.42. The molecule has 2 aliphatic heterocycles. The second-order valence-electron chi connectivity index (χ2n) is 8.44. The van der Waals surface area contributed by atoms with Crippen LogP contribution in [0.2, 0.25) is 0 Å². The highest BCUT2D eigenvalue weighted by Crippen LogP contribution is 2.34. The summed E-state index contributed by atoms with van der Waals surface area (Å²) < 4.78 is 7.25. The second kappa shape index (κ2) is 9.52. The van der Waals surface area contributed by atoms with Crippen LogP contribution in [0, 0.1) is 19.8 Å². The van der Waals surface area contributed by atoms with Crippen LogP contribution in [0.1, 0.15) is 47.8 Å². The molecule has 0 spiro atoms. The predicted octanol–water partition coefficient (Wildman–Crippen LogP) is 1.67. The summed E-state index contributed by atoms with van der Waals surface area (Å²) in [4.78, 5) is 40.4. The van der Waals surface area contributed by atoms with E-state index in [1.54, 1.807) is 6.92 Å². The molecule has 3 amide bonds. The Morgan fingerprint density at radius 3 is 2.91 bits per heavy atom. The quantitative estimate of drug-likeness (QED) is 0.634. The number of nitrogens with one attached hydrogen (secondary N) is 3. The zero-order chi connectivity index (χ0) is 22.7. The molecule has 3 heterocycles. The van der Waals surface area contributed by atoms with Gasteiger partial charge in [-0.1, -0.05) is 24.3 Å². The Hall–Kier alpha value is -3.20. The number of nitrogens with zero attached hydrogens (tertiary/aromatic N) is 2. The Kier molecular flexibility index (Phi) is 6.55. The maximum absolute atomic E-state index is 12.4. The van der Waals surface area contributed by atoms with E-state index >= 15 is 0 Å². The zero-order valence-corrected chi connectivity index (χ0v) is 18.4. The van der Waals surface area contributed by atoms with E-state index in [0.29, 0.717) is 18.8 Å². The van der Waals surface area contributed by atoms with E-state index in [-0.39, 0.29) is 48.8 Å². The van der Waals surface area contributed by atoms with Gasteiger partial charge in [-0.2, -0.15) is 4.98 Å². The lowest BCUT2D eigenvalue weighted by molar-refractivity contribution is -0.121. The van der Waals surface area contributed by atoms with Gasteiger partial charge in [0.25, 0.3) is 0 Å². The number of hydrogen-bond donors (Lipinski definition) is 3. The third-order valence-corrected chi connectivity index (χ3v) is 6.06. The molecule has 2 aromatic rings. The van der Waals surface area contributed by atoms with E-state index < -0.39 is 0 Å². The number of aromatic nitrogens is 2. The Balaban J connectivity index is 1.36. The molecule has 2 aliphatic rings. The summed E-state index contributed by atoms with van der Waals surface area (Å²) in [7, 11) is 0. The van der Waals surface area contributed by atoms with Gasteiger partial charge in [0.1, 0.15) is 6.23 Å². The van der Waals surface area contributed by atoms with Crippen LogP contribution in [0.25, 0.3) is 0 Å². The molecule has 0 aliphatic carbocycles. The number of carbonyl (C=O) groups is 2. The highest BCUT2D eigenvalue weighted by Gasteiger charge is 2.39. The van der Waals surface area contributed by atoms with Crippen LogP contribution in [0.5, 0.6) is 0 Å². The number of urea groups is 1. The van der Waals surface area contributed by atoms with Gasteiger partial charge in [0.15, 0.2) is 0 Å². The van der Waals surface area contributed by atoms with Crippen LogP contribution in [-0.2, 0) is 22.6 Å². The molecule has 9 nitrogen and oxygen atoms in total. The third-order valence-electron chi connectivity index (χ3n) is 6.06. The van der Waals surface area contributed by atoms with Crippen molar-refractivity contribution in [2.24, 2.45) is 5.92 Å². The first-order valence-electron chi connectivity index (χ1n) is 11.0. The number of amides is 3. The SMILES string of the molecule is Cc1cc(C)n(CCC(=O)NCc2cccc([C@@H]3NC(=O)N[C@H]4OCCC[C@H]43)c2)c(=O)n1. The second-order valence-corrected chi connectivity index (χ2v) is 8.44. The molecule has 0 radical (unpaired) electrons. The van der Waals surface area contributed by atoms with Crippen molar-refractivity contribution in [3.8, 4) is 0 Å². The average Bonchev–Trinajstić information content (AvgIpc) is 2.76. The maximum Gasteiger partial charge on any atom is 0.347 e. The van der Waals surface area contributed by atoms with Crippen LogP contribution < -0.4 is 21.6 Å². The Morgan fingerprint density at radius 2 is 2.09 bits per heavy atom. The molecule has 0 unspecified atom stereocenters. The summed E-state index contributed by atoms with van der Waals surface area (Å²) >= 11 is 0. The van der Waals surface area contributed by atoms with Crippen LogP contribution in [0.15, 0.2) is 35.1 Å². The molecule has 170 valence electrons. The van der Waals surface area contributed by atoms with Crippen LogP contribution in [0.4, 0.5) is 4.79 Å². The summed E-state index contributed by atoms with van der Waals surface area (Å²) in [5.74, 6) is 0.0224. The van der Waals surface area contributed by atoms with Gasteiger partial charge in [-0.25, -0.2) is 9.59 Å². The number of ether oxygens (including phenoxy) is 1. The molecular weight excluding hydrogens is 410 g/mol. The molecule has 1 aromatic heterocycles. The fraction of sp³-hybridized carbons (Fsp3) is 0.478. The summed E-state index contributed by atoms with van der Waals surface area (Å²) in [6.07, 6.45) is 1.85. The van der Waals surface area contributed by atoms with E-state index in [9.17, 15) is 14.4 Å². The van der Waals surface area contributed by atoms with Crippen molar-refractivity contribution in [3.05, 3.63) is 63.3 Å². The topological polar surface area (TPSA) is 114 Å². The maximum atomic E-state index is 12.4. The van der Waals surface area contributed by atoms with Gasteiger partial charge < -0.3 is 20.7 Å². The molecule has 9 heteroatoms. The number of benzene rings is 1. The van der Waals surface area contributed by atoms with E-state index in [0.717, 1.165) is 29.7 Å². The largest absolute Gasteiger partial charge is 0.358 e. The molecule has 32 heavy (non-hydrogen) atoms.